The Labute approximate surface area is 119 Å². The van der Waals surface area contributed by atoms with Crippen LogP contribution in [0.3, 0.4) is 0 Å². The second kappa shape index (κ2) is 7.38. The van der Waals surface area contributed by atoms with E-state index in [1.54, 1.807) is 17.8 Å². The number of nitrogens with zero attached hydrogens (tertiary/aromatic N) is 1. The maximum absolute atomic E-state index is 12.0. The van der Waals surface area contributed by atoms with Crippen molar-refractivity contribution in [2.24, 2.45) is 0 Å². The Kier molecular flexibility index (Phi) is 6.15. The molecule has 0 atom stereocenters. The van der Waals surface area contributed by atoms with Gasteiger partial charge in [-0.3, -0.25) is 4.79 Å². The molecule has 0 radical (unpaired) electrons. The highest BCUT2D eigenvalue weighted by Gasteiger charge is 2.18. The van der Waals surface area contributed by atoms with E-state index in [1.807, 2.05) is 18.4 Å². The highest BCUT2D eigenvalue weighted by atomic mass is 32.2. The second-order valence-electron chi connectivity index (χ2n) is 4.98. The van der Waals surface area contributed by atoms with Crippen molar-refractivity contribution in [1.82, 2.24) is 10.3 Å². The molecule has 0 spiro atoms. The predicted molar refractivity (Wildman–Crippen MR) is 82.9 cm³/mol. The summed E-state index contributed by atoms with van der Waals surface area (Å²) in [6.45, 7) is 7.78. The minimum atomic E-state index is -0.123. The summed E-state index contributed by atoms with van der Waals surface area (Å²) in [6, 6.07) is 5.45. The van der Waals surface area contributed by atoms with Gasteiger partial charge < -0.3 is 10.6 Å². The first-order chi connectivity index (χ1) is 8.98. The molecule has 2 N–H and O–H groups in total. The van der Waals surface area contributed by atoms with Crippen LogP contribution in [-0.4, -0.2) is 35.0 Å². The Morgan fingerprint density at radius 1 is 1.42 bits per heavy atom. The summed E-state index contributed by atoms with van der Waals surface area (Å²) < 4.78 is 0.0354. The van der Waals surface area contributed by atoms with Gasteiger partial charge in [0.2, 0.25) is 0 Å². The first-order valence-corrected chi connectivity index (χ1v) is 7.75. The minimum Gasteiger partial charge on any atom is -0.370 e. The molecule has 0 fully saturated rings. The van der Waals surface area contributed by atoms with Crippen LogP contribution >= 0.6 is 11.8 Å². The van der Waals surface area contributed by atoms with E-state index in [-0.39, 0.29) is 10.7 Å². The predicted octanol–water partition coefficient (Wildman–Crippen LogP) is 2.77. The van der Waals surface area contributed by atoms with Crippen molar-refractivity contribution in [3.8, 4) is 0 Å². The molecule has 0 unspecified atom stereocenters. The van der Waals surface area contributed by atoms with E-state index in [4.69, 9.17) is 0 Å². The summed E-state index contributed by atoms with van der Waals surface area (Å²) in [5.74, 6) is 0.626. The monoisotopic (exact) mass is 281 g/mol. The molecule has 0 aliphatic carbocycles. The molecule has 0 aliphatic heterocycles. The van der Waals surface area contributed by atoms with E-state index in [1.165, 1.54) is 0 Å². The molecular formula is C14H23N3OS. The van der Waals surface area contributed by atoms with Gasteiger partial charge in [0.15, 0.2) is 0 Å². The molecule has 1 aromatic heterocycles. The van der Waals surface area contributed by atoms with Crippen molar-refractivity contribution in [2.45, 2.75) is 31.9 Å². The fraction of sp³-hybridized carbons (Fsp3) is 0.571. The number of aromatic nitrogens is 1. The molecule has 4 nitrogen and oxygen atoms in total. The van der Waals surface area contributed by atoms with Gasteiger partial charge in [-0.1, -0.05) is 13.0 Å². The summed E-state index contributed by atoms with van der Waals surface area (Å²) in [6.07, 6.45) is 3.07. The lowest BCUT2D eigenvalue weighted by molar-refractivity contribution is 0.0946. The van der Waals surface area contributed by atoms with Gasteiger partial charge in [0.1, 0.15) is 11.5 Å². The fourth-order valence-electron chi connectivity index (χ4n) is 1.37. The van der Waals surface area contributed by atoms with Crippen LogP contribution < -0.4 is 10.6 Å². The third-order valence-electron chi connectivity index (χ3n) is 2.77. The standard InChI is InChI=1S/C14H23N3OS/c1-5-9-15-12-8-6-7-11(17-12)13(18)16-10-14(2,3)19-4/h6-8H,5,9-10H2,1-4H3,(H,15,17)(H,16,18). The van der Waals surface area contributed by atoms with Crippen molar-refractivity contribution in [2.75, 3.05) is 24.7 Å². The quantitative estimate of drug-likeness (QED) is 0.807. The minimum absolute atomic E-state index is 0.0354. The molecule has 106 valence electrons. The zero-order valence-electron chi connectivity index (χ0n) is 12.1. The number of thioether (sulfide) groups is 1. The molecule has 0 saturated heterocycles. The Bertz CT molecular complexity index is 421. The second-order valence-corrected chi connectivity index (χ2v) is 6.49. The van der Waals surface area contributed by atoms with Crippen molar-refractivity contribution >= 4 is 23.5 Å². The van der Waals surface area contributed by atoms with E-state index in [0.29, 0.717) is 12.2 Å². The molecule has 19 heavy (non-hydrogen) atoms. The zero-order valence-corrected chi connectivity index (χ0v) is 12.9. The number of hydrogen-bond donors (Lipinski definition) is 2. The first kappa shape index (κ1) is 15.8. The van der Waals surface area contributed by atoms with E-state index in [9.17, 15) is 4.79 Å². The van der Waals surface area contributed by atoms with E-state index in [2.05, 4.69) is 36.4 Å². The van der Waals surface area contributed by atoms with E-state index < -0.39 is 0 Å². The van der Waals surface area contributed by atoms with Gasteiger partial charge in [0.05, 0.1) is 0 Å². The molecule has 1 rings (SSSR count). The highest BCUT2D eigenvalue weighted by molar-refractivity contribution is 7.99. The van der Waals surface area contributed by atoms with Gasteiger partial charge in [-0.2, -0.15) is 11.8 Å². The van der Waals surface area contributed by atoms with Gasteiger partial charge in [-0.05, 0) is 38.7 Å². The number of amides is 1. The van der Waals surface area contributed by atoms with Crippen LogP contribution in [0.1, 0.15) is 37.7 Å². The lowest BCUT2D eigenvalue weighted by Crippen LogP contribution is -2.36. The lowest BCUT2D eigenvalue weighted by Gasteiger charge is -2.22. The van der Waals surface area contributed by atoms with Crippen LogP contribution in [-0.2, 0) is 0 Å². The zero-order chi connectivity index (χ0) is 14.3. The third kappa shape index (κ3) is 5.51. The number of hydrogen-bond acceptors (Lipinski definition) is 4. The van der Waals surface area contributed by atoms with Crippen LogP contribution in [0, 0.1) is 0 Å². The van der Waals surface area contributed by atoms with Crippen molar-refractivity contribution in [3.05, 3.63) is 23.9 Å². The summed E-state index contributed by atoms with van der Waals surface area (Å²) >= 11 is 1.73. The largest absolute Gasteiger partial charge is 0.370 e. The summed E-state index contributed by atoms with van der Waals surface area (Å²) in [5.41, 5.74) is 0.456. The topological polar surface area (TPSA) is 54.0 Å². The number of carbonyl (C=O) groups excluding carboxylic acids is 1. The lowest BCUT2D eigenvalue weighted by atomic mass is 10.2. The van der Waals surface area contributed by atoms with Crippen molar-refractivity contribution in [1.29, 1.82) is 0 Å². The Balaban J connectivity index is 2.61. The summed E-state index contributed by atoms with van der Waals surface area (Å²) in [7, 11) is 0. The summed E-state index contributed by atoms with van der Waals surface area (Å²) in [5, 5.41) is 6.10. The third-order valence-corrected chi connectivity index (χ3v) is 4.01. The average molecular weight is 281 g/mol. The molecule has 1 heterocycles. The Hall–Kier alpha value is -1.23. The van der Waals surface area contributed by atoms with E-state index >= 15 is 0 Å². The molecule has 0 aliphatic rings. The Morgan fingerprint density at radius 2 is 2.16 bits per heavy atom. The van der Waals surface area contributed by atoms with Crippen LogP contribution in [0.15, 0.2) is 18.2 Å². The molecule has 1 amide bonds. The number of pyridine rings is 1. The molecule has 5 heteroatoms. The normalized spacial score (nSPS) is 11.2. The van der Waals surface area contributed by atoms with Crippen LogP contribution in [0.5, 0.6) is 0 Å². The number of anilines is 1. The maximum Gasteiger partial charge on any atom is 0.270 e. The van der Waals surface area contributed by atoms with Crippen LogP contribution in [0.2, 0.25) is 0 Å². The van der Waals surface area contributed by atoms with Crippen LogP contribution in [0.4, 0.5) is 5.82 Å². The molecule has 0 bridgehead atoms. The SMILES string of the molecule is CCCNc1cccc(C(=O)NCC(C)(C)SC)n1. The number of rotatable bonds is 7. The van der Waals surface area contributed by atoms with Crippen LogP contribution in [0.25, 0.3) is 0 Å². The number of carbonyl (C=O) groups is 1. The summed E-state index contributed by atoms with van der Waals surface area (Å²) in [4.78, 5) is 16.3. The fourth-order valence-corrected chi connectivity index (χ4v) is 1.59. The van der Waals surface area contributed by atoms with Gasteiger partial charge in [0.25, 0.3) is 5.91 Å². The Morgan fingerprint density at radius 3 is 2.79 bits per heavy atom. The van der Waals surface area contributed by atoms with E-state index in [0.717, 1.165) is 18.8 Å². The smallest absolute Gasteiger partial charge is 0.270 e. The van der Waals surface area contributed by atoms with Crippen molar-refractivity contribution in [3.63, 3.8) is 0 Å². The molecule has 0 aromatic carbocycles. The van der Waals surface area contributed by atoms with Gasteiger partial charge in [0, 0.05) is 17.8 Å². The highest BCUT2D eigenvalue weighted by Crippen LogP contribution is 2.19. The first-order valence-electron chi connectivity index (χ1n) is 6.53. The van der Waals surface area contributed by atoms with Gasteiger partial charge >= 0.3 is 0 Å². The van der Waals surface area contributed by atoms with Gasteiger partial charge in [-0.15, -0.1) is 0 Å². The number of nitrogens with one attached hydrogen (secondary N) is 2. The average Bonchev–Trinajstić information content (AvgIpc) is 2.43. The van der Waals surface area contributed by atoms with Gasteiger partial charge in [-0.25, -0.2) is 4.98 Å². The maximum atomic E-state index is 12.0. The molecular weight excluding hydrogens is 258 g/mol. The molecule has 1 aromatic rings. The van der Waals surface area contributed by atoms with Crippen molar-refractivity contribution < 1.29 is 4.79 Å². The molecule has 0 saturated carbocycles.